The third kappa shape index (κ3) is 4.35. The molecule has 0 amide bonds. The van der Waals surface area contributed by atoms with Gasteiger partial charge in [0.05, 0.1) is 5.52 Å². The average Bonchev–Trinajstić information content (AvgIpc) is 3.73. The van der Waals surface area contributed by atoms with Crippen molar-refractivity contribution in [1.29, 1.82) is 0 Å². The van der Waals surface area contributed by atoms with Gasteiger partial charge in [-0.15, -0.1) is 0 Å². The molecule has 7 aliphatic rings. The second-order valence-corrected chi connectivity index (χ2v) is 19.9. The molecule has 9 unspecified atom stereocenters. The van der Waals surface area contributed by atoms with Crippen LogP contribution in [0.15, 0.2) is 163 Å². The fourth-order valence-electron chi connectivity index (χ4n) is 15.8. The Morgan fingerprint density at radius 1 is 0.738 bits per heavy atom. The van der Waals surface area contributed by atoms with Gasteiger partial charge >= 0.3 is 0 Å². The molecule has 300 valence electrons. The number of hydrogen-bond donors (Lipinski definition) is 0. The van der Waals surface area contributed by atoms with E-state index < -0.39 is 0 Å². The Morgan fingerprint density at radius 3 is 2.44 bits per heavy atom. The van der Waals surface area contributed by atoms with Crippen LogP contribution >= 0.6 is 0 Å². The molecule has 3 fully saturated rings. The zero-order valence-corrected chi connectivity index (χ0v) is 35.2. The summed E-state index contributed by atoms with van der Waals surface area (Å²) in [4.78, 5) is 2.94. The summed E-state index contributed by atoms with van der Waals surface area (Å²) in [5, 5.41) is 2.83. The lowest BCUT2D eigenvalue weighted by molar-refractivity contribution is -0.0870. The Kier molecular flexibility index (Phi) is 7.09. The molecule has 2 spiro atoms. The molecule has 6 aromatic carbocycles. The van der Waals surface area contributed by atoms with E-state index in [0.717, 1.165) is 18.7 Å². The molecular formula is C58H52N2O. The average molecular weight is 793 g/mol. The van der Waals surface area contributed by atoms with Crippen LogP contribution in [0.4, 0.5) is 5.69 Å². The summed E-state index contributed by atoms with van der Waals surface area (Å²) in [7, 11) is 0. The second-order valence-electron chi connectivity index (χ2n) is 19.9. The first-order valence-corrected chi connectivity index (χ1v) is 23.2. The molecule has 9 atom stereocenters. The van der Waals surface area contributed by atoms with Crippen molar-refractivity contribution in [2.75, 3.05) is 4.90 Å². The Bertz CT molecular complexity index is 3030. The molecule has 14 rings (SSSR count). The number of aromatic nitrogens is 1. The van der Waals surface area contributed by atoms with Gasteiger partial charge in [-0.2, -0.15) is 0 Å². The number of benzene rings is 6. The first-order chi connectivity index (χ1) is 30.1. The van der Waals surface area contributed by atoms with Crippen molar-refractivity contribution in [3.63, 3.8) is 0 Å². The second kappa shape index (κ2) is 12.4. The highest BCUT2D eigenvalue weighted by atomic mass is 16.5. The summed E-state index contributed by atoms with van der Waals surface area (Å²) >= 11 is 0. The summed E-state index contributed by atoms with van der Waals surface area (Å²) in [6.45, 7) is 5.71. The van der Waals surface area contributed by atoms with Gasteiger partial charge in [-0.25, -0.2) is 0 Å². The standard InChI is InChI=1S/C58H52N2O/c1-35-23-26-48-44(31-35)43-19-12-20-47-55(43)59(48)30-29-40-32-46-54-45-33-41-25-27-50(45)61-51-22-11-13-36(2)53(51)58(47,54)56(46)57(40)34-39(37-14-5-3-6-15-37)24-28-52(57)60(41)49-21-10-9-18-42(49)38-16-7-4-8-17-38/h3-23,25-26,31,33,39-40,46,50,52,54,56H,24,27-30,32,34H2,1-2H3. The van der Waals surface area contributed by atoms with Gasteiger partial charge in [0.15, 0.2) is 0 Å². The van der Waals surface area contributed by atoms with Crippen LogP contribution in [-0.4, -0.2) is 16.7 Å². The highest BCUT2D eigenvalue weighted by molar-refractivity contribution is 6.10. The summed E-state index contributed by atoms with van der Waals surface area (Å²) in [5.74, 6) is 3.58. The van der Waals surface area contributed by atoms with Crippen LogP contribution in [0, 0.1) is 42.9 Å². The summed E-state index contributed by atoms with van der Waals surface area (Å²) in [5.41, 5.74) is 16.9. The molecule has 3 heteroatoms. The van der Waals surface area contributed by atoms with E-state index in [1.807, 2.05) is 0 Å². The lowest BCUT2D eigenvalue weighted by Crippen LogP contribution is -2.67. The minimum absolute atomic E-state index is 0.0196. The number of nitrogens with zero attached hydrogens (tertiary/aromatic N) is 2. The van der Waals surface area contributed by atoms with Gasteiger partial charge in [-0.05, 0) is 133 Å². The van der Waals surface area contributed by atoms with Crippen LogP contribution in [0.3, 0.4) is 0 Å². The van der Waals surface area contributed by atoms with E-state index in [-0.39, 0.29) is 16.9 Å². The molecular weight excluding hydrogens is 741 g/mol. The maximum Gasteiger partial charge on any atom is 0.124 e. The van der Waals surface area contributed by atoms with Gasteiger partial charge in [-0.3, -0.25) is 0 Å². The zero-order valence-electron chi connectivity index (χ0n) is 35.2. The maximum absolute atomic E-state index is 7.52. The molecule has 61 heavy (non-hydrogen) atoms. The number of aryl methyl sites for hydroxylation is 3. The number of hydrogen-bond acceptors (Lipinski definition) is 2. The van der Waals surface area contributed by atoms with Gasteiger partial charge in [0.1, 0.15) is 11.9 Å². The van der Waals surface area contributed by atoms with Gasteiger partial charge in [-0.1, -0.05) is 127 Å². The molecule has 3 nitrogen and oxygen atoms in total. The lowest BCUT2D eigenvalue weighted by Gasteiger charge is -2.67. The largest absolute Gasteiger partial charge is 0.485 e. The number of anilines is 1. The maximum atomic E-state index is 7.52. The normalized spacial score (nSPS) is 31.2. The van der Waals surface area contributed by atoms with Crippen molar-refractivity contribution in [3.8, 4) is 16.9 Å². The van der Waals surface area contributed by atoms with E-state index in [1.165, 1.54) is 98.7 Å². The molecule has 3 saturated carbocycles. The minimum Gasteiger partial charge on any atom is -0.485 e. The molecule has 0 radical (unpaired) electrons. The van der Waals surface area contributed by atoms with Crippen LogP contribution in [0.2, 0.25) is 0 Å². The van der Waals surface area contributed by atoms with Gasteiger partial charge in [0.25, 0.3) is 0 Å². The Balaban J connectivity index is 1.14. The Morgan fingerprint density at radius 2 is 1.56 bits per heavy atom. The van der Waals surface area contributed by atoms with Crippen LogP contribution in [-0.2, 0) is 12.0 Å². The number of para-hydroxylation sites is 2. The fourth-order valence-corrected chi connectivity index (χ4v) is 15.8. The predicted molar refractivity (Wildman–Crippen MR) is 248 cm³/mol. The van der Waals surface area contributed by atoms with Crippen molar-refractivity contribution in [1.82, 2.24) is 4.57 Å². The number of allylic oxidation sites excluding steroid dienone is 1. The van der Waals surface area contributed by atoms with Crippen molar-refractivity contribution in [2.45, 2.75) is 82.4 Å². The summed E-state index contributed by atoms with van der Waals surface area (Å²) in [6, 6.07) is 54.3. The Hall–Kier alpha value is -5.80. The molecule has 4 aliphatic carbocycles. The summed E-state index contributed by atoms with van der Waals surface area (Å²) < 4.78 is 10.3. The van der Waals surface area contributed by atoms with Crippen LogP contribution in [0.5, 0.6) is 5.75 Å². The third-order valence-electron chi connectivity index (χ3n) is 17.5. The monoisotopic (exact) mass is 792 g/mol. The van der Waals surface area contributed by atoms with E-state index in [9.17, 15) is 0 Å². The van der Waals surface area contributed by atoms with Crippen LogP contribution in [0.25, 0.3) is 32.9 Å². The highest BCUT2D eigenvalue weighted by Crippen LogP contribution is 2.82. The van der Waals surface area contributed by atoms with Crippen molar-refractivity contribution < 1.29 is 4.74 Å². The quantitative estimate of drug-likeness (QED) is 0.177. The van der Waals surface area contributed by atoms with Crippen LogP contribution in [0.1, 0.15) is 72.3 Å². The SMILES string of the molecule is Cc1ccc2c(c1)c1cccc3c1n2CCC1CC2C4C5=CC6=CCC5Oc5cccc(C)c5C34C2C12CC(c1ccccc1)CCC2N6c1ccccc1-c1ccccc1. The number of ether oxygens (including phenoxy) is 1. The molecule has 7 bridgehead atoms. The molecule has 0 saturated heterocycles. The minimum atomic E-state index is -0.250. The highest BCUT2D eigenvalue weighted by Gasteiger charge is 2.79. The van der Waals surface area contributed by atoms with Crippen molar-refractivity contribution in [3.05, 3.63) is 191 Å². The molecule has 0 N–H and O–H groups in total. The lowest BCUT2D eigenvalue weighted by atomic mass is 9.35. The van der Waals surface area contributed by atoms with Gasteiger partial charge in [0, 0.05) is 69.1 Å². The summed E-state index contributed by atoms with van der Waals surface area (Å²) in [6.07, 6.45) is 12.2. The zero-order chi connectivity index (χ0) is 40.2. The predicted octanol–water partition coefficient (Wildman–Crippen LogP) is 13.5. The van der Waals surface area contributed by atoms with E-state index in [1.54, 1.807) is 11.1 Å². The molecule has 4 heterocycles. The molecule has 3 aliphatic heterocycles. The molecule has 1 aromatic heterocycles. The van der Waals surface area contributed by atoms with E-state index in [0.29, 0.717) is 35.6 Å². The van der Waals surface area contributed by atoms with E-state index in [2.05, 4.69) is 175 Å². The topological polar surface area (TPSA) is 17.4 Å². The van der Waals surface area contributed by atoms with E-state index in [4.69, 9.17) is 4.74 Å². The third-order valence-corrected chi connectivity index (χ3v) is 17.5. The Labute approximate surface area is 359 Å². The number of rotatable bonds is 3. The van der Waals surface area contributed by atoms with Gasteiger partial charge in [0.2, 0.25) is 0 Å². The first-order valence-electron chi connectivity index (χ1n) is 23.2. The van der Waals surface area contributed by atoms with Crippen molar-refractivity contribution >= 4 is 27.5 Å². The van der Waals surface area contributed by atoms with Crippen LogP contribution < -0.4 is 9.64 Å². The first kappa shape index (κ1) is 34.9. The molecule has 7 aromatic rings. The van der Waals surface area contributed by atoms with Gasteiger partial charge < -0.3 is 14.2 Å². The van der Waals surface area contributed by atoms with E-state index >= 15 is 0 Å². The fraction of sp³-hybridized carbons (Fsp3) is 0.310. The smallest absolute Gasteiger partial charge is 0.124 e. The number of fused-ring (bicyclic) bond motifs is 5. The van der Waals surface area contributed by atoms with Crippen molar-refractivity contribution in [2.24, 2.45) is 29.1 Å².